The van der Waals surface area contributed by atoms with Gasteiger partial charge >= 0.3 is 0 Å². The third kappa shape index (κ3) is 5.50. The molecule has 2 atom stereocenters. The summed E-state index contributed by atoms with van der Waals surface area (Å²) in [4.78, 5) is 25.0. The lowest BCUT2D eigenvalue weighted by Gasteiger charge is -2.36. The molecule has 2 heterocycles. The number of carbonyl (C=O) groups is 2. The third-order valence-electron chi connectivity index (χ3n) is 10.0. The first-order valence-corrected chi connectivity index (χ1v) is 17.2. The van der Waals surface area contributed by atoms with Crippen LogP contribution >= 0.6 is 0 Å². The van der Waals surface area contributed by atoms with E-state index in [0.717, 1.165) is 48.4 Å². The van der Waals surface area contributed by atoms with Crippen molar-refractivity contribution in [1.82, 2.24) is 4.58 Å². The van der Waals surface area contributed by atoms with E-state index in [4.69, 9.17) is 9.15 Å². The van der Waals surface area contributed by atoms with Crippen LogP contribution < -0.4 is 24.9 Å². The van der Waals surface area contributed by atoms with Gasteiger partial charge in [-0.1, -0.05) is 54.6 Å². The van der Waals surface area contributed by atoms with Gasteiger partial charge in [0.05, 0.1) is 18.0 Å². The first-order chi connectivity index (χ1) is 24.3. The molecule has 0 aromatic heterocycles. The molecule has 2 aliphatic heterocycles. The van der Waals surface area contributed by atoms with Crippen molar-refractivity contribution in [3.05, 3.63) is 130 Å². The molecule has 0 radical (unpaired) electrons. The minimum atomic E-state index is -1.29. The van der Waals surface area contributed by atoms with Crippen molar-refractivity contribution in [3.8, 4) is 28.2 Å². The van der Waals surface area contributed by atoms with Crippen LogP contribution in [0.15, 0.2) is 107 Å². The van der Waals surface area contributed by atoms with E-state index in [2.05, 4.69) is 49.0 Å². The summed E-state index contributed by atoms with van der Waals surface area (Å²) in [6.45, 7) is 11.6. The highest BCUT2D eigenvalue weighted by atomic mass is 16.5. The van der Waals surface area contributed by atoms with Crippen LogP contribution in [0.4, 0.5) is 0 Å². The Labute approximate surface area is 290 Å². The highest BCUT2D eigenvalue weighted by molar-refractivity contribution is 6.08. The number of carboxylic acids is 2. The van der Waals surface area contributed by atoms with Crippen molar-refractivity contribution in [2.45, 2.75) is 33.6 Å². The molecule has 0 fully saturated rings. The van der Waals surface area contributed by atoms with Crippen molar-refractivity contribution in [1.29, 1.82) is 0 Å². The second kappa shape index (κ2) is 13.3. The topological polar surface area (TPSA) is 109 Å². The normalized spacial score (nSPS) is 16.4. The molecule has 252 valence electrons. The van der Waals surface area contributed by atoms with Gasteiger partial charge in [0.1, 0.15) is 49.0 Å². The average Bonchev–Trinajstić information content (AvgIpc) is 3.13. The lowest BCUT2D eigenvalue weighted by atomic mass is 9.74. The maximum atomic E-state index is 12.5. The Morgan fingerprint density at radius 1 is 0.740 bits per heavy atom. The van der Waals surface area contributed by atoms with Crippen LogP contribution in [-0.2, 0) is 0 Å². The molecular weight excluding hydrogens is 628 g/mol. The number of hydrogen-bond donors (Lipinski definition) is 0. The fourth-order valence-electron chi connectivity index (χ4n) is 7.59. The Balaban J connectivity index is 1.59. The highest BCUT2D eigenvalue weighted by Crippen LogP contribution is 2.51. The average molecular weight is 667 g/mol. The van der Waals surface area contributed by atoms with Crippen LogP contribution in [0, 0.1) is 5.92 Å². The molecule has 3 aromatic carbocycles. The van der Waals surface area contributed by atoms with Gasteiger partial charge in [-0.05, 0) is 51.0 Å². The Kier molecular flexibility index (Phi) is 8.70. The Bertz CT molecular complexity index is 2310. The number of ether oxygens (including phenoxy) is 1. The maximum absolute atomic E-state index is 12.5. The Morgan fingerprint density at radius 3 is 2.12 bits per heavy atom. The number of aromatic carboxylic acids is 2. The molecule has 0 spiro atoms. The summed E-state index contributed by atoms with van der Waals surface area (Å²) < 4.78 is 17.8. The second-order valence-electron chi connectivity index (χ2n) is 12.5. The molecule has 2 unspecified atom stereocenters. The Hall–Kier alpha value is -5.76. The standard InChI is InChI=1S/C42H38N2O6/c1-5-43(6-2)25-17-19-31-35(21-25)49-37-24-38-34(23-33(37)39(31)27-13-9-11-15-29(27)41(45)46)40(28-14-10-12-16-30(28)42(47)48)32-20-18-26(22-36(32)50-38)44(7-3)8-4/h9-24,31,39H,5-8H2,1-4H3. The largest absolute Gasteiger partial charge is 0.545 e. The molecule has 50 heavy (non-hydrogen) atoms. The number of fused-ring (bicyclic) bond motifs is 4. The van der Waals surface area contributed by atoms with Crippen molar-refractivity contribution < 1.29 is 33.5 Å². The molecule has 4 aliphatic rings. The minimum Gasteiger partial charge on any atom is -0.545 e. The monoisotopic (exact) mass is 666 g/mol. The molecule has 0 saturated carbocycles. The third-order valence-corrected chi connectivity index (χ3v) is 10.0. The molecular formula is C42H38N2O6. The van der Waals surface area contributed by atoms with E-state index in [1.807, 2.05) is 54.6 Å². The SMILES string of the molecule is CC[N+](CC)=C1C=CC2C(=C1)Oc1cc3oc4cc(=[N+](CC)CC)ccc-4c(-c4ccccc4C(=O)[O-])c3cc1C2c1ccccc1C(=O)[O-]. The summed E-state index contributed by atoms with van der Waals surface area (Å²) in [5.74, 6) is -1.48. The van der Waals surface area contributed by atoms with E-state index in [-0.39, 0.29) is 17.0 Å². The van der Waals surface area contributed by atoms with Crippen LogP contribution in [0.2, 0.25) is 0 Å². The van der Waals surface area contributed by atoms with Gasteiger partial charge in [-0.3, -0.25) is 0 Å². The number of nitrogens with zero attached hydrogens (tertiary/aromatic N) is 2. The highest BCUT2D eigenvalue weighted by Gasteiger charge is 2.39. The van der Waals surface area contributed by atoms with E-state index >= 15 is 0 Å². The fourth-order valence-corrected chi connectivity index (χ4v) is 7.59. The summed E-state index contributed by atoms with van der Waals surface area (Å²) >= 11 is 0. The van der Waals surface area contributed by atoms with Crippen LogP contribution in [0.25, 0.3) is 33.4 Å². The Morgan fingerprint density at radius 2 is 1.42 bits per heavy atom. The van der Waals surface area contributed by atoms with Crippen LogP contribution in [-0.4, -0.2) is 48.4 Å². The van der Waals surface area contributed by atoms with Gasteiger partial charge in [-0.2, -0.15) is 0 Å². The summed E-state index contributed by atoms with van der Waals surface area (Å²) in [7, 11) is 0. The second-order valence-corrected chi connectivity index (χ2v) is 12.5. The molecule has 0 bridgehead atoms. The van der Waals surface area contributed by atoms with E-state index in [1.54, 1.807) is 30.3 Å². The van der Waals surface area contributed by atoms with Gasteiger partial charge in [0.25, 0.3) is 0 Å². The molecule has 8 heteroatoms. The molecule has 2 aliphatic carbocycles. The van der Waals surface area contributed by atoms with E-state index in [1.165, 1.54) is 0 Å². The van der Waals surface area contributed by atoms with Crippen LogP contribution in [0.3, 0.4) is 0 Å². The van der Waals surface area contributed by atoms with Gasteiger partial charge < -0.3 is 29.0 Å². The van der Waals surface area contributed by atoms with Gasteiger partial charge in [0, 0.05) is 69.3 Å². The smallest absolute Gasteiger partial charge is 0.203 e. The zero-order chi connectivity index (χ0) is 35.1. The molecule has 0 N–H and O–H groups in total. The lowest BCUT2D eigenvalue weighted by molar-refractivity contribution is -0.519. The summed E-state index contributed by atoms with van der Waals surface area (Å²) in [6, 6.07) is 23.6. The summed E-state index contributed by atoms with van der Waals surface area (Å²) in [5, 5.41) is 26.7. The molecule has 0 amide bonds. The first-order valence-electron chi connectivity index (χ1n) is 17.2. The maximum Gasteiger partial charge on any atom is 0.203 e. The number of benzene rings is 4. The van der Waals surface area contributed by atoms with Gasteiger partial charge in [0.15, 0.2) is 0 Å². The van der Waals surface area contributed by atoms with Gasteiger partial charge in [-0.15, -0.1) is 0 Å². The number of hydrogen-bond acceptors (Lipinski definition) is 6. The predicted octanol–water partition coefficient (Wildman–Crippen LogP) is 4.83. The first kappa shape index (κ1) is 32.8. The molecule has 0 saturated heterocycles. The molecule has 8 nitrogen and oxygen atoms in total. The fraction of sp³-hybridized carbons (Fsp3) is 0.238. The van der Waals surface area contributed by atoms with E-state index in [0.29, 0.717) is 44.9 Å². The van der Waals surface area contributed by atoms with E-state index < -0.39 is 17.9 Å². The predicted molar refractivity (Wildman–Crippen MR) is 189 cm³/mol. The summed E-state index contributed by atoms with van der Waals surface area (Å²) in [6.07, 6.45) is 6.19. The van der Waals surface area contributed by atoms with Crippen molar-refractivity contribution in [3.63, 3.8) is 0 Å². The number of carbonyl (C=O) groups excluding carboxylic acids is 2. The quantitative estimate of drug-likeness (QED) is 0.174. The van der Waals surface area contributed by atoms with Crippen molar-refractivity contribution in [2.75, 3.05) is 26.2 Å². The van der Waals surface area contributed by atoms with Gasteiger partial charge in [0.2, 0.25) is 11.1 Å². The van der Waals surface area contributed by atoms with Crippen molar-refractivity contribution >= 4 is 28.6 Å². The van der Waals surface area contributed by atoms with Crippen LogP contribution in [0.5, 0.6) is 5.75 Å². The number of allylic oxidation sites excluding steroid dienone is 3. The zero-order valence-corrected chi connectivity index (χ0v) is 28.6. The molecule has 7 rings (SSSR count). The molecule has 3 aromatic rings. The van der Waals surface area contributed by atoms with Crippen molar-refractivity contribution in [2.24, 2.45) is 5.92 Å². The zero-order valence-electron chi connectivity index (χ0n) is 28.6. The van der Waals surface area contributed by atoms with Crippen LogP contribution in [0.1, 0.15) is 65.5 Å². The van der Waals surface area contributed by atoms with E-state index in [9.17, 15) is 19.8 Å². The lowest BCUT2D eigenvalue weighted by Crippen LogP contribution is -2.31. The number of rotatable bonds is 8. The van der Waals surface area contributed by atoms with Gasteiger partial charge in [-0.25, -0.2) is 9.15 Å². The summed E-state index contributed by atoms with van der Waals surface area (Å²) in [5.41, 5.74) is 4.94. The number of carboxylic acid groups (broad SMARTS) is 2. The minimum absolute atomic E-state index is 0.0573.